The zero-order chi connectivity index (χ0) is 57.1. The number of nitrogen functional groups attached to an aromatic ring is 1. The van der Waals surface area contributed by atoms with E-state index in [0.29, 0.717) is 0 Å². The predicted octanol–water partition coefficient (Wildman–Crippen LogP) is 22.3. The van der Waals surface area contributed by atoms with Crippen molar-refractivity contribution < 1.29 is 0 Å². The minimum absolute atomic E-state index is 0.800. The zero-order valence-corrected chi connectivity index (χ0v) is 48.1. The first-order valence-corrected chi connectivity index (χ1v) is 29.5. The van der Waals surface area contributed by atoms with Crippen LogP contribution in [0.5, 0.6) is 0 Å². The SMILES string of the molecule is Brc1ccc(-c2ccc3c(c2)c2ccccc2n3-c2ccccc2)cc1.Nc1ccc(-c2cccc3ccccc23)cc1.c1ccc(-n2c3ccccc3c3cc(-c4ccc(Nc5ccc(-c6cccc7ccccc67)cc5)cc4)ccc32)cc1. The van der Waals surface area contributed by atoms with Crippen LogP contribution in [-0.4, -0.2) is 9.13 Å². The molecule has 16 aromatic rings. The molecule has 4 nitrogen and oxygen atoms in total. The van der Waals surface area contributed by atoms with Crippen LogP contribution < -0.4 is 11.1 Å². The van der Waals surface area contributed by atoms with Crippen molar-refractivity contribution in [2.75, 3.05) is 11.1 Å². The Labute approximate surface area is 503 Å². The number of para-hydroxylation sites is 4. The molecule has 0 atom stereocenters. The molecule has 85 heavy (non-hydrogen) atoms. The van der Waals surface area contributed by atoms with Crippen molar-refractivity contribution in [1.29, 1.82) is 0 Å². The fourth-order valence-electron chi connectivity index (χ4n) is 11.9. The van der Waals surface area contributed by atoms with Gasteiger partial charge in [0.15, 0.2) is 0 Å². The van der Waals surface area contributed by atoms with Gasteiger partial charge in [0.2, 0.25) is 0 Å². The molecule has 5 heteroatoms. The lowest BCUT2D eigenvalue weighted by atomic mass is 9.98. The van der Waals surface area contributed by atoms with Crippen LogP contribution in [0.3, 0.4) is 0 Å². The Bertz CT molecular complexity index is 5000. The molecule has 0 amide bonds. The van der Waals surface area contributed by atoms with Gasteiger partial charge >= 0.3 is 0 Å². The van der Waals surface area contributed by atoms with Gasteiger partial charge in [-0.3, -0.25) is 0 Å². The van der Waals surface area contributed by atoms with Gasteiger partial charge in [-0.05, 0) is 175 Å². The van der Waals surface area contributed by atoms with Crippen LogP contribution >= 0.6 is 15.9 Å². The smallest absolute Gasteiger partial charge is 0.0541 e. The maximum atomic E-state index is 5.72. The molecule has 0 aliphatic rings. The van der Waals surface area contributed by atoms with Crippen molar-refractivity contribution in [2.45, 2.75) is 0 Å². The Kier molecular flexibility index (Phi) is 14.3. The number of halogens is 1. The number of aromatic nitrogens is 2. The van der Waals surface area contributed by atoms with E-state index in [0.717, 1.165) is 21.5 Å². The average Bonchev–Trinajstić information content (AvgIpc) is 2.25. The van der Waals surface area contributed by atoms with E-state index >= 15 is 0 Å². The normalized spacial score (nSPS) is 11.2. The first-order valence-electron chi connectivity index (χ1n) is 28.7. The second-order valence-corrected chi connectivity index (χ2v) is 22.2. The van der Waals surface area contributed by atoms with Crippen LogP contribution in [0.2, 0.25) is 0 Å². The van der Waals surface area contributed by atoms with Gasteiger partial charge in [-0.15, -0.1) is 0 Å². The average molecular weight is 1150 g/mol. The van der Waals surface area contributed by atoms with E-state index in [1.165, 1.54) is 121 Å². The number of nitrogens with two attached hydrogens (primary N) is 1. The summed E-state index contributed by atoms with van der Waals surface area (Å²) in [5.41, 5.74) is 25.8. The van der Waals surface area contributed by atoms with Gasteiger partial charge in [-0.1, -0.05) is 234 Å². The molecule has 0 aliphatic carbocycles. The lowest BCUT2D eigenvalue weighted by molar-refractivity contribution is 1.18. The number of benzene rings is 14. The molecule has 3 N–H and O–H groups in total. The molecule has 2 aromatic heterocycles. The molecule has 0 fully saturated rings. The Morgan fingerprint density at radius 1 is 0.259 bits per heavy atom. The van der Waals surface area contributed by atoms with Crippen LogP contribution in [0.25, 0.3) is 121 Å². The topological polar surface area (TPSA) is 47.9 Å². The third-order valence-electron chi connectivity index (χ3n) is 16.1. The highest BCUT2D eigenvalue weighted by Gasteiger charge is 2.15. The molecule has 0 saturated heterocycles. The van der Waals surface area contributed by atoms with Crippen LogP contribution in [-0.2, 0) is 0 Å². The molecule has 14 aromatic carbocycles. The number of anilines is 3. The lowest BCUT2D eigenvalue weighted by Gasteiger charge is -2.11. The van der Waals surface area contributed by atoms with Crippen LogP contribution in [0.15, 0.2) is 332 Å². The van der Waals surface area contributed by atoms with E-state index in [-0.39, 0.29) is 0 Å². The Balaban J connectivity index is 0.000000126. The van der Waals surface area contributed by atoms with Gasteiger partial charge in [0.25, 0.3) is 0 Å². The molecule has 404 valence electrons. The first-order chi connectivity index (χ1) is 42.0. The monoisotopic (exact) mass is 1150 g/mol. The number of nitrogens with zero attached hydrogens (tertiary/aromatic N) is 2. The van der Waals surface area contributed by atoms with E-state index in [2.05, 4.69) is 346 Å². The summed E-state index contributed by atoms with van der Waals surface area (Å²) in [6.45, 7) is 0. The summed E-state index contributed by atoms with van der Waals surface area (Å²) >= 11 is 3.52. The fourth-order valence-corrected chi connectivity index (χ4v) is 12.2. The highest BCUT2D eigenvalue weighted by molar-refractivity contribution is 9.10. The lowest BCUT2D eigenvalue weighted by Crippen LogP contribution is -1.93. The minimum atomic E-state index is 0.800. The first kappa shape index (κ1) is 52.4. The van der Waals surface area contributed by atoms with Crippen molar-refractivity contribution in [3.05, 3.63) is 332 Å². The molecular formula is C80H57BrN4. The molecular weight excluding hydrogens is 1100 g/mol. The van der Waals surface area contributed by atoms with Crippen molar-refractivity contribution in [2.24, 2.45) is 0 Å². The second-order valence-electron chi connectivity index (χ2n) is 21.3. The summed E-state index contributed by atoms with van der Waals surface area (Å²) in [6, 6.07) is 116. The fraction of sp³-hybridized carbons (Fsp3) is 0. The molecule has 0 spiro atoms. The van der Waals surface area contributed by atoms with E-state index in [4.69, 9.17) is 5.73 Å². The predicted molar refractivity (Wildman–Crippen MR) is 367 cm³/mol. The summed E-state index contributed by atoms with van der Waals surface area (Å²) in [4.78, 5) is 0. The Morgan fingerprint density at radius 2 is 0.600 bits per heavy atom. The molecule has 0 saturated carbocycles. The second kappa shape index (κ2) is 23.3. The largest absolute Gasteiger partial charge is 0.399 e. The minimum Gasteiger partial charge on any atom is -0.399 e. The van der Waals surface area contributed by atoms with Gasteiger partial charge in [0.05, 0.1) is 22.1 Å². The van der Waals surface area contributed by atoms with Crippen molar-refractivity contribution in [1.82, 2.24) is 9.13 Å². The third-order valence-corrected chi connectivity index (χ3v) is 16.6. The summed E-state index contributed by atoms with van der Waals surface area (Å²) < 4.78 is 5.80. The summed E-state index contributed by atoms with van der Waals surface area (Å²) in [5.74, 6) is 0. The van der Waals surface area contributed by atoms with E-state index in [9.17, 15) is 0 Å². The zero-order valence-electron chi connectivity index (χ0n) is 46.5. The standard InChI is InChI=1S/C40H28N2.C24H16BrN.C16H13N/c1-2-11-34(12-3-1)42-39-16-7-6-14-37(39)38-27-31(21-26-40(38)42)28-17-22-32(23-18-28)41-33-24-19-30(20-25-33)36-15-8-10-29-9-4-5-13-35(29)36;25-19-13-10-17(11-14-19)18-12-15-24-22(16-18)21-8-4-5-9-23(21)26(24)20-6-2-1-3-7-20;17-14-10-8-13(9-11-14)16-7-3-5-12-4-1-2-6-15(12)16/h1-27,41H;1-16H;1-11H,17H2. The summed E-state index contributed by atoms with van der Waals surface area (Å²) in [5, 5.41) is 13.7. The summed E-state index contributed by atoms with van der Waals surface area (Å²) in [7, 11) is 0. The van der Waals surface area contributed by atoms with Gasteiger partial charge in [0.1, 0.15) is 0 Å². The van der Waals surface area contributed by atoms with E-state index in [1.807, 2.05) is 12.1 Å². The number of rotatable bonds is 8. The maximum Gasteiger partial charge on any atom is 0.0541 e. The van der Waals surface area contributed by atoms with Crippen molar-refractivity contribution in [3.63, 3.8) is 0 Å². The van der Waals surface area contributed by atoms with Gasteiger partial charge in [-0.25, -0.2) is 0 Å². The van der Waals surface area contributed by atoms with Gasteiger partial charge < -0.3 is 20.2 Å². The highest BCUT2D eigenvalue weighted by Crippen LogP contribution is 2.38. The van der Waals surface area contributed by atoms with E-state index < -0.39 is 0 Å². The quantitative estimate of drug-likeness (QED) is 0.149. The number of nitrogens with one attached hydrogen (secondary N) is 1. The highest BCUT2D eigenvalue weighted by atomic mass is 79.9. The molecule has 2 heterocycles. The van der Waals surface area contributed by atoms with Crippen molar-refractivity contribution in [3.8, 4) is 55.9 Å². The summed E-state index contributed by atoms with van der Waals surface area (Å²) in [6.07, 6.45) is 0. The molecule has 0 aliphatic heterocycles. The Hall–Kier alpha value is -10.7. The van der Waals surface area contributed by atoms with Crippen LogP contribution in [0.1, 0.15) is 0 Å². The van der Waals surface area contributed by atoms with Crippen LogP contribution in [0.4, 0.5) is 17.1 Å². The van der Waals surface area contributed by atoms with Gasteiger partial charge in [-0.2, -0.15) is 0 Å². The molecule has 16 rings (SSSR count). The number of hydrogen-bond acceptors (Lipinski definition) is 2. The third kappa shape index (κ3) is 10.6. The van der Waals surface area contributed by atoms with Crippen molar-refractivity contribution >= 4 is 98.1 Å². The maximum absolute atomic E-state index is 5.72. The van der Waals surface area contributed by atoms with Gasteiger partial charge in [0, 0.05) is 54.5 Å². The molecule has 0 radical (unpaired) electrons. The van der Waals surface area contributed by atoms with Crippen LogP contribution in [0, 0.1) is 0 Å². The molecule has 0 bridgehead atoms. The Morgan fingerprint density at radius 3 is 1.06 bits per heavy atom. The molecule has 0 unspecified atom stereocenters. The van der Waals surface area contributed by atoms with E-state index in [1.54, 1.807) is 0 Å². The number of hydrogen-bond donors (Lipinski definition) is 2. The number of fused-ring (bicyclic) bond motifs is 8.